The van der Waals surface area contributed by atoms with Gasteiger partial charge in [-0.05, 0) is 24.9 Å². The van der Waals surface area contributed by atoms with E-state index in [0.717, 1.165) is 29.8 Å². The number of hydrogen-bond acceptors (Lipinski definition) is 6. The lowest BCUT2D eigenvalue weighted by atomic mass is 10.2. The Hall–Kier alpha value is -1.21. The molecule has 1 heterocycles. The van der Waals surface area contributed by atoms with E-state index in [-0.39, 0.29) is 11.6 Å². The number of rotatable bonds is 9. The minimum absolute atomic E-state index is 0.0398. The van der Waals surface area contributed by atoms with Crippen molar-refractivity contribution in [3.63, 3.8) is 0 Å². The minimum atomic E-state index is -0.546. The van der Waals surface area contributed by atoms with Crippen LogP contribution in [-0.4, -0.2) is 41.4 Å². The van der Waals surface area contributed by atoms with Gasteiger partial charge in [-0.15, -0.1) is 0 Å². The van der Waals surface area contributed by atoms with Gasteiger partial charge in [0.05, 0.1) is 19.0 Å². The average molecular weight is 334 g/mol. The average Bonchev–Trinajstić information content (AvgIpc) is 2.49. The number of ether oxygens (including phenoxy) is 1. The van der Waals surface area contributed by atoms with E-state index in [2.05, 4.69) is 21.4 Å². The van der Waals surface area contributed by atoms with Crippen molar-refractivity contribution >= 4 is 35.0 Å². The van der Waals surface area contributed by atoms with Crippen molar-refractivity contribution in [3.8, 4) is 0 Å². The summed E-state index contributed by atoms with van der Waals surface area (Å²) in [6, 6.07) is 0. The van der Waals surface area contributed by atoms with Crippen LogP contribution in [0.4, 0.5) is 5.69 Å². The van der Waals surface area contributed by atoms with Gasteiger partial charge in [0.1, 0.15) is 11.6 Å². The number of carbonyl (C=O) groups excluding carboxylic acids is 1. The third kappa shape index (κ3) is 5.97. The Kier molecular flexibility index (Phi) is 8.22. The molecular weight excluding hydrogens is 314 g/mol. The third-order valence-corrected chi connectivity index (χ3v) is 3.89. The molecule has 1 aromatic heterocycles. The number of aromatic nitrogens is 2. The molecule has 0 saturated carbocycles. The molecule has 1 aromatic rings. The number of esters is 1. The SMILES string of the molecule is COC(=O)Cn1ncc(NCCCCCSC)c(Cl)c1=O. The second-order valence-electron chi connectivity index (χ2n) is 4.39. The van der Waals surface area contributed by atoms with Crippen molar-refractivity contribution in [2.45, 2.75) is 25.8 Å². The van der Waals surface area contributed by atoms with E-state index >= 15 is 0 Å². The first-order valence-corrected chi connectivity index (χ1v) is 8.42. The van der Waals surface area contributed by atoms with E-state index in [1.165, 1.54) is 19.7 Å². The second-order valence-corrected chi connectivity index (χ2v) is 5.75. The zero-order chi connectivity index (χ0) is 15.7. The van der Waals surface area contributed by atoms with Gasteiger partial charge in [0.2, 0.25) is 0 Å². The monoisotopic (exact) mass is 333 g/mol. The molecule has 1 N–H and O–H groups in total. The van der Waals surface area contributed by atoms with E-state index in [9.17, 15) is 9.59 Å². The molecule has 8 heteroatoms. The van der Waals surface area contributed by atoms with Crippen molar-refractivity contribution in [2.75, 3.05) is 31.0 Å². The van der Waals surface area contributed by atoms with E-state index in [1.807, 2.05) is 11.8 Å². The fraction of sp³-hybridized carbons (Fsp3) is 0.615. The molecule has 0 aliphatic heterocycles. The Bertz CT molecular complexity index is 522. The zero-order valence-electron chi connectivity index (χ0n) is 12.2. The topological polar surface area (TPSA) is 73.2 Å². The molecule has 0 spiro atoms. The molecule has 118 valence electrons. The number of unbranched alkanes of at least 4 members (excludes halogenated alkanes) is 2. The second kappa shape index (κ2) is 9.68. The van der Waals surface area contributed by atoms with Gasteiger partial charge in [0.25, 0.3) is 5.56 Å². The summed E-state index contributed by atoms with van der Waals surface area (Å²) in [4.78, 5) is 23.1. The molecule has 0 bridgehead atoms. The lowest BCUT2D eigenvalue weighted by Crippen LogP contribution is -2.28. The molecule has 1 rings (SSSR count). The van der Waals surface area contributed by atoms with Gasteiger partial charge in [0.15, 0.2) is 0 Å². The van der Waals surface area contributed by atoms with Crippen LogP contribution in [0.15, 0.2) is 11.0 Å². The van der Waals surface area contributed by atoms with Crippen LogP contribution in [0.5, 0.6) is 0 Å². The lowest BCUT2D eigenvalue weighted by molar-refractivity contribution is -0.141. The summed E-state index contributed by atoms with van der Waals surface area (Å²) in [6.45, 7) is 0.486. The number of nitrogens with zero attached hydrogens (tertiary/aromatic N) is 2. The van der Waals surface area contributed by atoms with E-state index in [1.54, 1.807) is 0 Å². The number of carbonyl (C=O) groups is 1. The number of anilines is 1. The van der Waals surface area contributed by atoms with Crippen LogP contribution in [0, 0.1) is 0 Å². The van der Waals surface area contributed by atoms with Crippen LogP contribution in [0.1, 0.15) is 19.3 Å². The maximum Gasteiger partial charge on any atom is 0.327 e. The van der Waals surface area contributed by atoms with Crippen LogP contribution in [0.3, 0.4) is 0 Å². The van der Waals surface area contributed by atoms with Gasteiger partial charge in [0, 0.05) is 6.54 Å². The molecule has 0 fully saturated rings. The van der Waals surface area contributed by atoms with Crippen LogP contribution in [-0.2, 0) is 16.1 Å². The molecule has 0 radical (unpaired) electrons. The van der Waals surface area contributed by atoms with E-state index in [4.69, 9.17) is 11.6 Å². The normalized spacial score (nSPS) is 10.4. The summed E-state index contributed by atoms with van der Waals surface area (Å²) in [5.74, 6) is 0.612. The van der Waals surface area contributed by atoms with Gasteiger partial charge >= 0.3 is 5.97 Å². The van der Waals surface area contributed by atoms with Crippen LogP contribution >= 0.6 is 23.4 Å². The third-order valence-electron chi connectivity index (χ3n) is 2.83. The maximum absolute atomic E-state index is 11.9. The van der Waals surface area contributed by atoms with Crippen molar-refractivity contribution in [1.29, 1.82) is 0 Å². The molecule has 21 heavy (non-hydrogen) atoms. The number of methoxy groups -OCH3 is 1. The Morgan fingerprint density at radius 3 is 2.90 bits per heavy atom. The molecule has 6 nitrogen and oxygen atoms in total. The van der Waals surface area contributed by atoms with Crippen molar-refractivity contribution in [1.82, 2.24) is 9.78 Å². The predicted molar refractivity (Wildman–Crippen MR) is 86.2 cm³/mol. The fourth-order valence-electron chi connectivity index (χ4n) is 1.66. The Balaban J connectivity index is 2.55. The molecule has 0 amide bonds. The first-order valence-electron chi connectivity index (χ1n) is 6.65. The Labute approximate surface area is 133 Å². The van der Waals surface area contributed by atoms with Gasteiger partial charge in [-0.3, -0.25) is 9.59 Å². The van der Waals surface area contributed by atoms with Crippen LogP contribution < -0.4 is 10.9 Å². The van der Waals surface area contributed by atoms with Crippen LogP contribution in [0.25, 0.3) is 0 Å². The fourth-order valence-corrected chi connectivity index (χ4v) is 2.36. The summed E-state index contributed by atoms with van der Waals surface area (Å²) in [7, 11) is 1.25. The highest BCUT2D eigenvalue weighted by atomic mass is 35.5. The predicted octanol–water partition coefficient (Wildman–Crippen LogP) is 2.01. The Morgan fingerprint density at radius 2 is 2.24 bits per heavy atom. The Morgan fingerprint density at radius 1 is 1.48 bits per heavy atom. The number of hydrogen-bond donors (Lipinski definition) is 1. The van der Waals surface area contributed by atoms with E-state index < -0.39 is 11.5 Å². The van der Waals surface area contributed by atoms with E-state index in [0.29, 0.717) is 5.69 Å². The first kappa shape index (κ1) is 17.8. The van der Waals surface area contributed by atoms with Gasteiger partial charge in [-0.2, -0.15) is 16.9 Å². The highest BCUT2D eigenvalue weighted by Crippen LogP contribution is 2.15. The molecular formula is C13H20ClN3O3S. The summed E-state index contributed by atoms with van der Waals surface area (Å²) in [6.07, 6.45) is 6.84. The van der Waals surface area contributed by atoms with Crippen molar-refractivity contribution < 1.29 is 9.53 Å². The molecule has 0 unspecified atom stereocenters. The standard InChI is InChI=1S/C13H20ClN3O3S/c1-20-11(18)9-17-13(19)12(14)10(8-16-17)15-6-4-3-5-7-21-2/h8,15H,3-7,9H2,1-2H3. The first-order chi connectivity index (χ1) is 10.1. The summed E-state index contributed by atoms with van der Waals surface area (Å²) >= 11 is 7.83. The molecule has 0 atom stereocenters. The summed E-state index contributed by atoms with van der Waals surface area (Å²) in [5, 5.41) is 7.04. The smallest absolute Gasteiger partial charge is 0.327 e. The summed E-state index contributed by atoms with van der Waals surface area (Å²) < 4.78 is 5.48. The van der Waals surface area contributed by atoms with Gasteiger partial charge in [-0.25, -0.2) is 4.68 Å². The van der Waals surface area contributed by atoms with Crippen LogP contribution in [0.2, 0.25) is 5.02 Å². The number of thioether (sulfide) groups is 1. The number of nitrogens with one attached hydrogen (secondary N) is 1. The molecule has 0 aliphatic rings. The minimum Gasteiger partial charge on any atom is -0.468 e. The number of halogens is 1. The largest absolute Gasteiger partial charge is 0.468 e. The molecule has 0 saturated heterocycles. The highest BCUT2D eigenvalue weighted by Gasteiger charge is 2.11. The van der Waals surface area contributed by atoms with Gasteiger partial charge < -0.3 is 10.1 Å². The lowest BCUT2D eigenvalue weighted by Gasteiger charge is -2.09. The van der Waals surface area contributed by atoms with Crippen molar-refractivity contribution in [3.05, 3.63) is 21.6 Å². The van der Waals surface area contributed by atoms with Gasteiger partial charge in [-0.1, -0.05) is 18.0 Å². The quantitative estimate of drug-likeness (QED) is 0.550. The summed E-state index contributed by atoms with van der Waals surface area (Å²) in [5.41, 5.74) is -0.0119. The molecule has 0 aliphatic carbocycles. The highest BCUT2D eigenvalue weighted by molar-refractivity contribution is 7.98. The van der Waals surface area contributed by atoms with Crippen molar-refractivity contribution in [2.24, 2.45) is 0 Å². The maximum atomic E-state index is 11.9. The zero-order valence-corrected chi connectivity index (χ0v) is 13.8. The molecule has 0 aromatic carbocycles.